The van der Waals surface area contributed by atoms with Crippen molar-refractivity contribution in [2.24, 2.45) is 0 Å². The number of benzene rings is 11. The Morgan fingerprint density at radius 3 is 1.57 bits per heavy atom. The number of nitrogens with zero attached hydrogens (tertiary/aromatic N) is 1. The van der Waals surface area contributed by atoms with E-state index in [0.29, 0.717) is 0 Å². The third-order valence-electron chi connectivity index (χ3n) is 14.5. The summed E-state index contributed by atoms with van der Waals surface area (Å²) in [5.74, 6) is 1.69. The minimum Gasteiger partial charge on any atom is -0.456 e. The Balaban J connectivity index is 1.07. The van der Waals surface area contributed by atoms with Gasteiger partial charge < -0.3 is 9.64 Å². The normalized spacial score (nSPS) is 14.4. The van der Waals surface area contributed by atoms with Gasteiger partial charge in [-0.1, -0.05) is 206 Å². The van der Waals surface area contributed by atoms with E-state index in [1.807, 2.05) is 6.07 Å². The van der Waals surface area contributed by atoms with Gasteiger partial charge in [0.05, 0.1) is 11.1 Å². The van der Waals surface area contributed by atoms with Crippen LogP contribution in [-0.4, -0.2) is 0 Å². The maximum atomic E-state index is 6.80. The van der Waals surface area contributed by atoms with Crippen molar-refractivity contribution in [2.45, 2.75) is 5.41 Å². The zero-order chi connectivity index (χ0) is 44.1. The monoisotopic (exact) mass is 851 g/mol. The molecule has 0 saturated carbocycles. The second-order valence-electron chi connectivity index (χ2n) is 17.9. The van der Waals surface area contributed by atoms with Gasteiger partial charge in [0.15, 0.2) is 0 Å². The predicted octanol–water partition coefficient (Wildman–Crippen LogP) is 17.4. The van der Waals surface area contributed by atoms with Crippen LogP contribution in [0.15, 0.2) is 249 Å². The summed E-state index contributed by atoms with van der Waals surface area (Å²) in [6.45, 7) is 0. The van der Waals surface area contributed by atoms with Crippen molar-refractivity contribution in [1.29, 1.82) is 0 Å². The van der Waals surface area contributed by atoms with Crippen molar-refractivity contribution < 1.29 is 4.74 Å². The van der Waals surface area contributed by atoms with E-state index in [2.05, 4.69) is 248 Å². The van der Waals surface area contributed by atoms with Gasteiger partial charge in [-0.3, -0.25) is 0 Å². The molecule has 1 heterocycles. The smallest absolute Gasteiger partial charge is 0.135 e. The second-order valence-corrected chi connectivity index (χ2v) is 17.9. The molecule has 14 rings (SSSR count). The standard InChI is InChI=1S/C65H41NO/c1-2-18-42(19-3-1)46-21-12-16-32-61(46)66(45-36-39-63-56(41-45)51-26-9-7-24-49(51)53-28-13-17-33-62(53)67-63)44-35-38-59-55(40-44)50-25-8-6-23-48(50)52-27-10-14-30-57(52)65(59)58-31-15-11-29-54(58)64-47-22-5-4-20-43(47)34-37-60(64)65/h1-41H. The first-order valence-electron chi connectivity index (χ1n) is 23.2. The highest BCUT2D eigenvalue weighted by Gasteiger charge is 2.50. The van der Waals surface area contributed by atoms with Gasteiger partial charge in [-0.25, -0.2) is 0 Å². The molecule has 1 spiro atoms. The molecule has 1 atom stereocenters. The lowest BCUT2D eigenvalue weighted by molar-refractivity contribution is 0.488. The van der Waals surface area contributed by atoms with Crippen LogP contribution in [0.2, 0.25) is 0 Å². The third kappa shape index (κ3) is 5.45. The molecule has 0 N–H and O–H groups in total. The van der Waals surface area contributed by atoms with Gasteiger partial charge in [-0.2, -0.15) is 0 Å². The van der Waals surface area contributed by atoms with Crippen molar-refractivity contribution in [3.63, 3.8) is 0 Å². The molecule has 11 aromatic carbocycles. The molecule has 0 aromatic heterocycles. The molecule has 0 saturated heterocycles. The average Bonchev–Trinajstić information content (AvgIpc) is 3.55. The highest BCUT2D eigenvalue weighted by Crippen LogP contribution is 2.63. The largest absolute Gasteiger partial charge is 0.456 e. The summed E-state index contributed by atoms with van der Waals surface area (Å²) in [6, 6.07) is 91.6. The first-order valence-corrected chi connectivity index (χ1v) is 23.2. The molecule has 0 radical (unpaired) electrons. The van der Waals surface area contributed by atoms with Crippen LogP contribution in [0.25, 0.3) is 77.5 Å². The Hall–Kier alpha value is -8.72. The van der Waals surface area contributed by atoms with E-state index in [-0.39, 0.29) is 0 Å². The molecule has 2 heteroatoms. The predicted molar refractivity (Wildman–Crippen MR) is 277 cm³/mol. The van der Waals surface area contributed by atoms with Gasteiger partial charge in [0.1, 0.15) is 11.5 Å². The lowest BCUT2D eigenvalue weighted by Crippen LogP contribution is -2.29. The van der Waals surface area contributed by atoms with E-state index < -0.39 is 5.41 Å². The maximum absolute atomic E-state index is 6.80. The first-order chi connectivity index (χ1) is 33.3. The lowest BCUT2D eigenvalue weighted by Gasteiger charge is -2.36. The number of para-hydroxylation sites is 2. The highest BCUT2D eigenvalue weighted by atomic mass is 16.5. The molecule has 2 nitrogen and oxygen atoms in total. The minimum atomic E-state index is -0.605. The SMILES string of the molecule is c1ccc(-c2ccccc2N(c2ccc3c(c2)-c2ccccc2-c2ccccc2O3)c2ccc3c(c2)-c2ccccc2-c2ccccc2C32c3ccccc3-c3c2ccc2ccccc32)cc1. The molecule has 312 valence electrons. The molecule has 0 bridgehead atoms. The fourth-order valence-electron chi connectivity index (χ4n) is 11.8. The van der Waals surface area contributed by atoms with Crippen LogP contribution in [-0.2, 0) is 5.41 Å². The fraction of sp³-hybridized carbons (Fsp3) is 0.0154. The summed E-state index contributed by atoms with van der Waals surface area (Å²) < 4.78 is 6.80. The average molecular weight is 852 g/mol. The van der Waals surface area contributed by atoms with Gasteiger partial charge >= 0.3 is 0 Å². The Labute approximate surface area is 390 Å². The number of ether oxygens (including phenoxy) is 1. The number of rotatable bonds is 4. The third-order valence-corrected chi connectivity index (χ3v) is 14.5. The molecule has 3 aliphatic rings. The van der Waals surface area contributed by atoms with Gasteiger partial charge in [-0.05, 0) is 126 Å². The Bertz CT molecular complexity index is 3810. The minimum absolute atomic E-state index is 0.605. The van der Waals surface area contributed by atoms with Crippen LogP contribution in [0, 0.1) is 0 Å². The highest BCUT2D eigenvalue weighted by molar-refractivity contribution is 6.07. The lowest BCUT2D eigenvalue weighted by atomic mass is 9.65. The summed E-state index contributed by atoms with van der Waals surface area (Å²) in [5.41, 5.74) is 22.0. The van der Waals surface area contributed by atoms with Crippen LogP contribution in [0.1, 0.15) is 22.3 Å². The van der Waals surface area contributed by atoms with E-state index in [4.69, 9.17) is 4.74 Å². The van der Waals surface area contributed by atoms with Gasteiger partial charge in [0.25, 0.3) is 0 Å². The Morgan fingerprint density at radius 2 is 0.791 bits per heavy atom. The van der Waals surface area contributed by atoms with Crippen molar-refractivity contribution in [3.05, 3.63) is 271 Å². The molecular weight excluding hydrogens is 811 g/mol. The number of fused-ring (bicyclic) bond motifs is 19. The van der Waals surface area contributed by atoms with Crippen molar-refractivity contribution >= 4 is 27.8 Å². The Morgan fingerprint density at radius 1 is 0.299 bits per heavy atom. The topological polar surface area (TPSA) is 12.5 Å². The van der Waals surface area contributed by atoms with E-state index in [1.165, 1.54) is 66.4 Å². The number of anilines is 3. The molecule has 0 fully saturated rings. The fourth-order valence-corrected chi connectivity index (χ4v) is 11.8. The molecule has 2 aliphatic carbocycles. The van der Waals surface area contributed by atoms with Crippen LogP contribution >= 0.6 is 0 Å². The van der Waals surface area contributed by atoms with Crippen molar-refractivity contribution in [2.75, 3.05) is 4.90 Å². The van der Waals surface area contributed by atoms with E-state index in [9.17, 15) is 0 Å². The van der Waals surface area contributed by atoms with Crippen LogP contribution in [0.4, 0.5) is 17.1 Å². The summed E-state index contributed by atoms with van der Waals surface area (Å²) in [7, 11) is 0. The van der Waals surface area contributed by atoms with Gasteiger partial charge in [0, 0.05) is 28.1 Å². The Kier molecular flexibility index (Phi) is 8.23. The zero-order valence-electron chi connectivity index (χ0n) is 36.5. The second kappa shape index (κ2) is 14.7. The van der Waals surface area contributed by atoms with Crippen LogP contribution in [0.5, 0.6) is 11.5 Å². The molecule has 1 aliphatic heterocycles. The molecule has 0 amide bonds. The van der Waals surface area contributed by atoms with E-state index in [1.54, 1.807) is 0 Å². The summed E-state index contributed by atoms with van der Waals surface area (Å²) in [6.07, 6.45) is 0. The maximum Gasteiger partial charge on any atom is 0.135 e. The molecular formula is C65H41NO. The van der Waals surface area contributed by atoms with Crippen LogP contribution < -0.4 is 9.64 Å². The van der Waals surface area contributed by atoms with Crippen molar-refractivity contribution in [1.82, 2.24) is 0 Å². The number of hydrogen-bond donors (Lipinski definition) is 0. The molecule has 11 aromatic rings. The molecule has 67 heavy (non-hydrogen) atoms. The summed E-state index contributed by atoms with van der Waals surface area (Å²) in [5, 5.41) is 2.53. The van der Waals surface area contributed by atoms with Crippen LogP contribution in [0.3, 0.4) is 0 Å². The van der Waals surface area contributed by atoms with E-state index >= 15 is 0 Å². The van der Waals surface area contributed by atoms with Crippen molar-refractivity contribution in [3.8, 4) is 78.3 Å². The quantitative estimate of drug-likeness (QED) is 0.175. The molecule has 1 unspecified atom stereocenters. The summed E-state index contributed by atoms with van der Waals surface area (Å²) in [4.78, 5) is 2.46. The summed E-state index contributed by atoms with van der Waals surface area (Å²) >= 11 is 0. The van der Waals surface area contributed by atoms with E-state index in [0.717, 1.165) is 61.9 Å². The zero-order valence-corrected chi connectivity index (χ0v) is 36.5. The first kappa shape index (κ1) is 37.6. The van der Waals surface area contributed by atoms with Gasteiger partial charge in [0.2, 0.25) is 0 Å². The van der Waals surface area contributed by atoms with Gasteiger partial charge in [-0.15, -0.1) is 0 Å². The number of hydrogen-bond acceptors (Lipinski definition) is 2.